The van der Waals surface area contributed by atoms with E-state index in [1.807, 2.05) is 0 Å². The average Bonchev–Trinajstić information content (AvgIpc) is 0.935. The van der Waals surface area contributed by atoms with Gasteiger partial charge in [0.2, 0.25) is 0 Å². The zero-order valence-corrected chi connectivity index (χ0v) is 67.5. The number of unbranched alkanes of at least 4 members (excludes halogenated alkanes) is 47. The zero-order chi connectivity index (χ0) is 73.7. The summed E-state index contributed by atoms with van der Waals surface area (Å²) < 4.78 is 68.7. The van der Waals surface area contributed by atoms with Crippen LogP contribution in [-0.2, 0) is 65.4 Å². The molecule has 0 aromatic carbocycles. The summed E-state index contributed by atoms with van der Waals surface area (Å²) in [6, 6.07) is 0. The molecule has 0 saturated carbocycles. The third-order valence-corrected chi connectivity index (χ3v) is 20.8. The van der Waals surface area contributed by atoms with E-state index in [2.05, 4.69) is 48.5 Å². The highest BCUT2D eigenvalue weighted by Crippen LogP contribution is 2.45. The number of hydrogen-bond acceptors (Lipinski definition) is 15. The fourth-order valence-corrected chi connectivity index (χ4v) is 14.1. The molecule has 0 aromatic rings. The number of phosphoric ester groups is 2. The van der Waals surface area contributed by atoms with E-state index < -0.39 is 97.5 Å². The van der Waals surface area contributed by atoms with E-state index in [9.17, 15) is 43.2 Å². The number of aliphatic hydroxyl groups excluding tert-OH is 1. The van der Waals surface area contributed by atoms with Crippen molar-refractivity contribution in [2.24, 2.45) is 17.8 Å². The summed E-state index contributed by atoms with van der Waals surface area (Å²) in [6.07, 6.45) is 59.8. The van der Waals surface area contributed by atoms with Crippen LogP contribution in [0.1, 0.15) is 421 Å². The Bertz CT molecular complexity index is 1940. The van der Waals surface area contributed by atoms with Crippen LogP contribution in [0.25, 0.3) is 0 Å². The van der Waals surface area contributed by atoms with Crippen molar-refractivity contribution in [3.63, 3.8) is 0 Å². The molecular formula is C81H158O17P2. The van der Waals surface area contributed by atoms with Gasteiger partial charge in [0.1, 0.15) is 19.3 Å². The van der Waals surface area contributed by atoms with Crippen molar-refractivity contribution in [2.45, 2.75) is 439 Å². The zero-order valence-electron chi connectivity index (χ0n) is 65.7. The number of carbonyl (C=O) groups is 4. The minimum absolute atomic E-state index is 0.106. The van der Waals surface area contributed by atoms with Crippen molar-refractivity contribution >= 4 is 39.5 Å². The van der Waals surface area contributed by atoms with Gasteiger partial charge in [0.05, 0.1) is 26.4 Å². The number of aliphatic hydroxyl groups is 1. The maximum absolute atomic E-state index is 13.1. The molecule has 19 heteroatoms. The predicted molar refractivity (Wildman–Crippen MR) is 409 cm³/mol. The van der Waals surface area contributed by atoms with Gasteiger partial charge < -0.3 is 33.8 Å². The lowest BCUT2D eigenvalue weighted by atomic mass is 10.0. The molecule has 100 heavy (non-hydrogen) atoms. The lowest BCUT2D eigenvalue weighted by molar-refractivity contribution is -0.161. The first-order valence-corrected chi connectivity index (χ1v) is 44.8. The van der Waals surface area contributed by atoms with Crippen molar-refractivity contribution in [1.29, 1.82) is 0 Å². The molecule has 0 saturated heterocycles. The fraction of sp³-hybridized carbons (Fsp3) is 0.951. The molecule has 2 unspecified atom stereocenters. The normalized spacial score (nSPS) is 14.0. The van der Waals surface area contributed by atoms with Gasteiger partial charge in [-0.25, -0.2) is 9.13 Å². The summed E-state index contributed by atoms with van der Waals surface area (Å²) in [5.74, 6) is 0.139. The molecule has 0 rings (SSSR count). The largest absolute Gasteiger partial charge is 0.472 e. The Morgan fingerprint density at radius 1 is 0.270 bits per heavy atom. The maximum Gasteiger partial charge on any atom is 0.472 e. The summed E-state index contributed by atoms with van der Waals surface area (Å²) in [7, 11) is -9.92. The first-order chi connectivity index (χ1) is 48.2. The summed E-state index contributed by atoms with van der Waals surface area (Å²) in [6.45, 7) is 11.9. The highest BCUT2D eigenvalue weighted by Gasteiger charge is 2.30. The van der Waals surface area contributed by atoms with Crippen molar-refractivity contribution in [3.8, 4) is 0 Å². The number of hydrogen-bond donors (Lipinski definition) is 3. The highest BCUT2D eigenvalue weighted by molar-refractivity contribution is 7.47. The highest BCUT2D eigenvalue weighted by atomic mass is 31.2. The molecule has 594 valence electrons. The molecule has 0 aliphatic heterocycles. The van der Waals surface area contributed by atoms with E-state index in [1.54, 1.807) is 0 Å². The Morgan fingerprint density at radius 2 is 0.460 bits per heavy atom. The molecule has 3 N–H and O–H groups in total. The first kappa shape index (κ1) is 98.1. The first-order valence-electron chi connectivity index (χ1n) is 41.8. The van der Waals surface area contributed by atoms with Gasteiger partial charge in [-0.2, -0.15) is 0 Å². The van der Waals surface area contributed by atoms with Crippen molar-refractivity contribution in [2.75, 3.05) is 39.6 Å². The van der Waals surface area contributed by atoms with Gasteiger partial charge in [-0.05, 0) is 43.4 Å². The second-order valence-electron chi connectivity index (χ2n) is 30.6. The van der Waals surface area contributed by atoms with Crippen LogP contribution in [0.5, 0.6) is 0 Å². The van der Waals surface area contributed by atoms with E-state index in [-0.39, 0.29) is 25.7 Å². The summed E-state index contributed by atoms with van der Waals surface area (Å²) >= 11 is 0. The lowest BCUT2D eigenvalue weighted by Crippen LogP contribution is -2.30. The molecule has 0 fully saturated rings. The van der Waals surface area contributed by atoms with Crippen LogP contribution in [0.2, 0.25) is 0 Å². The lowest BCUT2D eigenvalue weighted by Gasteiger charge is -2.21. The smallest absolute Gasteiger partial charge is 0.462 e. The summed E-state index contributed by atoms with van der Waals surface area (Å²) in [5.41, 5.74) is 0. The number of carbonyl (C=O) groups excluding carboxylic acids is 4. The number of ether oxygens (including phenoxy) is 4. The minimum Gasteiger partial charge on any atom is -0.462 e. The third kappa shape index (κ3) is 74.3. The monoisotopic (exact) mass is 1470 g/mol. The number of esters is 4. The summed E-state index contributed by atoms with van der Waals surface area (Å²) in [5, 5.41) is 10.6. The van der Waals surface area contributed by atoms with Gasteiger partial charge in [-0.15, -0.1) is 0 Å². The SMILES string of the molecule is CCCCCCCCCCCCCCCCCCCCCCCC(=O)O[C@H](COC(=O)CCCCCCCCCCCCCCC(C)C)COP(=O)(O)OC[C@@H](O)COP(=O)(O)OC[C@@H](COC(=O)CCCCCCCCCC(C)C)OC(=O)CCCCCCCCCCCCCC(C)C. The van der Waals surface area contributed by atoms with Crippen LogP contribution in [0.15, 0.2) is 0 Å². The van der Waals surface area contributed by atoms with Crippen LogP contribution in [0, 0.1) is 17.8 Å². The Balaban J connectivity index is 5.22. The van der Waals surface area contributed by atoms with Gasteiger partial charge in [-0.1, -0.05) is 370 Å². The molecule has 5 atom stereocenters. The van der Waals surface area contributed by atoms with Crippen LogP contribution in [0.4, 0.5) is 0 Å². The molecule has 0 amide bonds. The van der Waals surface area contributed by atoms with Gasteiger partial charge in [-0.3, -0.25) is 37.3 Å². The number of rotatable bonds is 79. The van der Waals surface area contributed by atoms with Gasteiger partial charge in [0.15, 0.2) is 12.2 Å². The molecule has 0 heterocycles. The minimum atomic E-state index is -4.96. The Hall–Kier alpha value is -1.94. The predicted octanol–water partition coefficient (Wildman–Crippen LogP) is 24.1. The van der Waals surface area contributed by atoms with Crippen LogP contribution >= 0.6 is 15.6 Å². The second-order valence-corrected chi connectivity index (χ2v) is 33.5. The molecule has 0 aliphatic carbocycles. The number of phosphoric acid groups is 2. The van der Waals surface area contributed by atoms with E-state index >= 15 is 0 Å². The average molecular weight is 1470 g/mol. The van der Waals surface area contributed by atoms with Crippen molar-refractivity contribution < 1.29 is 80.2 Å². The van der Waals surface area contributed by atoms with E-state index in [1.165, 1.54) is 225 Å². The van der Waals surface area contributed by atoms with Gasteiger partial charge >= 0.3 is 39.5 Å². The maximum atomic E-state index is 13.1. The van der Waals surface area contributed by atoms with Crippen LogP contribution in [-0.4, -0.2) is 96.7 Å². The van der Waals surface area contributed by atoms with Gasteiger partial charge in [0.25, 0.3) is 0 Å². The molecule has 0 aromatic heterocycles. The van der Waals surface area contributed by atoms with Crippen molar-refractivity contribution in [3.05, 3.63) is 0 Å². The Morgan fingerprint density at radius 3 is 0.680 bits per heavy atom. The standard InChI is InChI=1S/C81H158O17P2/c1-8-9-10-11-12-13-14-15-16-17-18-19-20-21-22-23-30-35-42-50-57-64-80(85)97-76(68-91-78(83)62-55-48-41-34-29-25-24-27-32-38-45-52-59-72(2)3)70-95-99(87,88)93-66-75(82)67-94-100(89,90)96-71-77(69-92-79(84)63-56-49-44-37-40-47-54-61-74(6)7)98-81(86)65-58-51-43-36-31-26-28-33-39-46-53-60-73(4)5/h72-77,82H,8-71H2,1-7H3,(H,87,88)(H,89,90)/t75-,76-,77-/m1/s1. The van der Waals surface area contributed by atoms with Crippen molar-refractivity contribution in [1.82, 2.24) is 0 Å². The topological polar surface area (TPSA) is 237 Å². The molecule has 17 nitrogen and oxygen atoms in total. The quantitative estimate of drug-likeness (QED) is 0.0222. The Kier molecular flexibility index (Phi) is 69.9. The summed E-state index contributed by atoms with van der Waals surface area (Å²) in [4.78, 5) is 73.0. The van der Waals surface area contributed by atoms with Gasteiger partial charge in [0, 0.05) is 25.7 Å². The van der Waals surface area contributed by atoms with Crippen LogP contribution in [0.3, 0.4) is 0 Å². The molecule has 0 aliphatic rings. The molecule has 0 bridgehead atoms. The van der Waals surface area contributed by atoms with Crippen LogP contribution < -0.4 is 0 Å². The van der Waals surface area contributed by atoms with E-state index in [0.29, 0.717) is 31.6 Å². The second kappa shape index (κ2) is 71.3. The third-order valence-electron chi connectivity index (χ3n) is 18.9. The molecular weight excluding hydrogens is 1310 g/mol. The van der Waals surface area contributed by atoms with E-state index in [0.717, 1.165) is 108 Å². The fourth-order valence-electron chi connectivity index (χ4n) is 12.5. The molecule has 0 spiro atoms. The van der Waals surface area contributed by atoms with E-state index in [4.69, 9.17) is 37.0 Å². The Labute approximate surface area is 613 Å². The molecule has 0 radical (unpaired) electrons.